The fourth-order valence-corrected chi connectivity index (χ4v) is 2.21. The largest absolute Gasteiger partial charge is 0.265 e. The minimum absolute atomic E-state index is 0.0718. The van der Waals surface area contributed by atoms with Crippen LogP contribution in [0.2, 0.25) is 0 Å². The van der Waals surface area contributed by atoms with Gasteiger partial charge in [-0.1, -0.05) is 11.8 Å². The van der Waals surface area contributed by atoms with Gasteiger partial charge in [0.05, 0.1) is 6.54 Å². The molecule has 52 valence electrons. The summed E-state index contributed by atoms with van der Waals surface area (Å²) in [5.41, 5.74) is 0. The van der Waals surface area contributed by atoms with Gasteiger partial charge in [0, 0.05) is 5.75 Å². The molecule has 0 unspecified atom stereocenters. The zero-order valence-corrected chi connectivity index (χ0v) is 6.20. The van der Waals surface area contributed by atoms with Crippen molar-refractivity contribution < 1.29 is 8.42 Å². The van der Waals surface area contributed by atoms with Crippen molar-refractivity contribution >= 4 is 26.2 Å². The third-order valence-corrected chi connectivity index (χ3v) is 3.23. The summed E-state index contributed by atoms with van der Waals surface area (Å²) in [6.45, 7) is 0.566. The number of nitrogens with zero attached hydrogens (tertiary/aromatic N) is 1. The van der Waals surface area contributed by atoms with Gasteiger partial charge in [-0.3, -0.25) is 4.99 Å². The first-order chi connectivity index (χ1) is 4.11. The number of thioether (sulfide) groups is 1. The molecule has 4 nitrogen and oxygen atoms in total. The number of sulfonamides is 1. The molecule has 0 radical (unpaired) electrons. The summed E-state index contributed by atoms with van der Waals surface area (Å²) in [4.78, 5) is 3.67. The molecule has 1 heterocycles. The predicted molar refractivity (Wildman–Crippen MR) is 37.9 cm³/mol. The van der Waals surface area contributed by atoms with Gasteiger partial charge < -0.3 is 0 Å². The Balaban J connectivity index is 2.87. The van der Waals surface area contributed by atoms with Gasteiger partial charge in [-0.2, -0.15) is 0 Å². The standard InChI is InChI=1S/C3H6N2O2S2/c4-9(6,7)3-5-1-2-8-3/h1-2H2,(H2,4,6,7). The Kier molecular flexibility index (Phi) is 1.78. The average molecular weight is 166 g/mol. The Hall–Kier alpha value is -0.0700. The molecule has 0 fully saturated rings. The van der Waals surface area contributed by atoms with Crippen molar-refractivity contribution in [2.45, 2.75) is 0 Å². The highest BCUT2D eigenvalue weighted by Gasteiger charge is 2.17. The van der Waals surface area contributed by atoms with Crippen LogP contribution in [0.5, 0.6) is 0 Å². The van der Waals surface area contributed by atoms with E-state index in [-0.39, 0.29) is 4.38 Å². The first-order valence-corrected chi connectivity index (χ1v) is 4.84. The molecule has 1 aliphatic heterocycles. The quantitative estimate of drug-likeness (QED) is 0.521. The van der Waals surface area contributed by atoms with Crippen molar-refractivity contribution in [3.8, 4) is 0 Å². The lowest BCUT2D eigenvalue weighted by atomic mass is 10.8. The summed E-state index contributed by atoms with van der Waals surface area (Å²) in [5, 5.41) is 4.76. The van der Waals surface area contributed by atoms with E-state index in [1.165, 1.54) is 11.8 Å². The van der Waals surface area contributed by atoms with Crippen LogP contribution in [0.1, 0.15) is 0 Å². The smallest absolute Gasteiger partial charge is 0.261 e. The molecule has 1 rings (SSSR count). The van der Waals surface area contributed by atoms with E-state index in [0.29, 0.717) is 6.54 Å². The van der Waals surface area contributed by atoms with E-state index in [1.54, 1.807) is 0 Å². The first-order valence-electron chi connectivity index (χ1n) is 2.31. The van der Waals surface area contributed by atoms with Crippen molar-refractivity contribution in [2.24, 2.45) is 10.1 Å². The van der Waals surface area contributed by atoms with E-state index in [4.69, 9.17) is 5.14 Å². The second-order valence-corrected chi connectivity index (χ2v) is 4.36. The molecule has 6 heteroatoms. The van der Waals surface area contributed by atoms with Crippen molar-refractivity contribution in [3.63, 3.8) is 0 Å². The molecule has 0 amide bonds. The van der Waals surface area contributed by atoms with Crippen LogP contribution in [0.25, 0.3) is 0 Å². The first kappa shape index (κ1) is 7.04. The highest BCUT2D eigenvalue weighted by atomic mass is 32.3. The second kappa shape index (κ2) is 2.28. The molecule has 0 atom stereocenters. The summed E-state index contributed by atoms with van der Waals surface area (Å²) >= 11 is 1.19. The van der Waals surface area contributed by atoms with Crippen molar-refractivity contribution in [2.75, 3.05) is 12.3 Å². The number of aliphatic imine (C=N–C) groups is 1. The van der Waals surface area contributed by atoms with Gasteiger partial charge in [0.25, 0.3) is 10.0 Å². The summed E-state index contributed by atoms with van der Waals surface area (Å²) in [7, 11) is -3.49. The molecule has 0 saturated heterocycles. The van der Waals surface area contributed by atoms with Gasteiger partial charge in [-0.05, 0) is 0 Å². The van der Waals surface area contributed by atoms with Crippen molar-refractivity contribution in [1.82, 2.24) is 0 Å². The maximum Gasteiger partial charge on any atom is 0.261 e. The van der Waals surface area contributed by atoms with Crippen LogP contribution in [0.15, 0.2) is 4.99 Å². The van der Waals surface area contributed by atoms with Crippen LogP contribution in [0.4, 0.5) is 0 Å². The Bertz CT molecular complexity index is 230. The minimum atomic E-state index is -3.49. The molecule has 0 saturated carbocycles. The molecule has 0 aromatic rings. The van der Waals surface area contributed by atoms with E-state index in [9.17, 15) is 8.42 Å². The SMILES string of the molecule is NS(=O)(=O)C1=NCCS1. The van der Waals surface area contributed by atoms with Gasteiger partial charge >= 0.3 is 0 Å². The summed E-state index contributed by atoms with van der Waals surface area (Å²) in [6, 6.07) is 0. The molecular formula is C3H6N2O2S2. The van der Waals surface area contributed by atoms with Crippen LogP contribution < -0.4 is 5.14 Å². The highest BCUT2D eigenvalue weighted by Crippen LogP contribution is 2.13. The van der Waals surface area contributed by atoms with Gasteiger partial charge in [-0.15, -0.1) is 0 Å². The second-order valence-electron chi connectivity index (χ2n) is 1.54. The van der Waals surface area contributed by atoms with E-state index in [1.807, 2.05) is 0 Å². The van der Waals surface area contributed by atoms with Gasteiger partial charge in [0.1, 0.15) is 0 Å². The fourth-order valence-electron chi connectivity index (χ4n) is 0.488. The molecule has 2 N–H and O–H groups in total. The van der Waals surface area contributed by atoms with Gasteiger partial charge in [-0.25, -0.2) is 13.6 Å². The molecule has 0 bridgehead atoms. The fraction of sp³-hybridized carbons (Fsp3) is 0.667. The Labute approximate surface area is 57.6 Å². The van der Waals surface area contributed by atoms with E-state index in [2.05, 4.69) is 4.99 Å². The summed E-state index contributed by atoms with van der Waals surface area (Å²) < 4.78 is 21.0. The zero-order chi connectivity index (χ0) is 6.91. The highest BCUT2D eigenvalue weighted by molar-refractivity contribution is 8.34. The van der Waals surface area contributed by atoms with Crippen molar-refractivity contribution in [3.05, 3.63) is 0 Å². The molecule has 0 aromatic carbocycles. The van der Waals surface area contributed by atoms with Crippen LogP contribution in [-0.4, -0.2) is 25.1 Å². The molecule has 1 aliphatic rings. The van der Waals surface area contributed by atoms with E-state index < -0.39 is 10.0 Å². The van der Waals surface area contributed by atoms with Crippen molar-refractivity contribution in [1.29, 1.82) is 0 Å². The molecule has 0 aromatic heterocycles. The number of hydrogen-bond acceptors (Lipinski definition) is 4. The lowest BCUT2D eigenvalue weighted by molar-refractivity contribution is 0.609. The van der Waals surface area contributed by atoms with E-state index in [0.717, 1.165) is 5.75 Å². The molecule has 0 spiro atoms. The third kappa shape index (κ3) is 1.67. The Morgan fingerprint density at radius 1 is 1.67 bits per heavy atom. The Morgan fingerprint density at radius 3 is 2.56 bits per heavy atom. The minimum Gasteiger partial charge on any atom is -0.265 e. The number of primary sulfonamides is 1. The lowest BCUT2D eigenvalue weighted by Crippen LogP contribution is -2.19. The van der Waals surface area contributed by atoms with Crippen LogP contribution in [0.3, 0.4) is 0 Å². The zero-order valence-electron chi connectivity index (χ0n) is 4.57. The normalized spacial score (nSPS) is 19.9. The monoisotopic (exact) mass is 166 g/mol. The molecule has 0 aliphatic carbocycles. The van der Waals surface area contributed by atoms with Gasteiger partial charge in [0.2, 0.25) is 0 Å². The number of nitrogens with two attached hydrogens (primary N) is 1. The van der Waals surface area contributed by atoms with Crippen LogP contribution >= 0.6 is 11.8 Å². The van der Waals surface area contributed by atoms with Gasteiger partial charge in [0.15, 0.2) is 4.38 Å². The number of rotatable bonds is 0. The summed E-state index contributed by atoms with van der Waals surface area (Å²) in [6.07, 6.45) is 0. The molecule has 9 heavy (non-hydrogen) atoms. The maximum absolute atomic E-state index is 10.5. The number of hydrogen-bond donors (Lipinski definition) is 1. The topological polar surface area (TPSA) is 72.5 Å². The predicted octanol–water partition coefficient (Wildman–Crippen LogP) is -0.622. The van der Waals surface area contributed by atoms with Crippen LogP contribution in [0, 0.1) is 0 Å². The average Bonchev–Trinajstić information content (AvgIpc) is 2.08. The third-order valence-electron chi connectivity index (χ3n) is 0.801. The lowest BCUT2D eigenvalue weighted by Gasteiger charge is -1.90. The maximum atomic E-state index is 10.5. The van der Waals surface area contributed by atoms with E-state index >= 15 is 0 Å². The Morgan fingerprint density at radius 2 is 2.33 bits per heavy atom. The molecular weight excluding hydrogens is 160 g/mol. The van der Waals surface area contributed by atoms with Crippen LogP contribution in [-0.2, 0) is 10.0 Å². The summed E-state index contributed by atoms with van der Waals surface area (Å²) in [5.74, 6) is 0.728.